The molecule has 1 heterocycles. The van der Waals surface area contributed by atoms with Gasteiger partial charge in [-0.25, -0.2) is 0 Å². The van der Waals surface area contributed by atoms with Gasteiger partial charge in [-0.15, -0.1) is 4.89 Å². The van der Waals surface area contributed by atoms with Crippen LogP contribution in [0.1, 0.15) is 0 Å². The minimum absolute atomic E-state index is 0.272. The van der Waals surface area contributed by atoms with Crippen molar-refractivity contribution in [2.45, 2.75) is 0 Å². The Balaban J connectivity index is 2.12. The van der Waals surface area contributed by atoms with Crippen LogP contribution in [0.3, 0.4) is 0 Å². The topological polar surface area (TPSA) is 21.2 Å². The molecule has 0 radical (unpaired) electrons. The number of hydrogen-bond acceptors (Lipinski definition) is 3. The second kappa shape index (κ2) is 2.52. The van der Waals surface area contributed by atoms with Gasteiger partial charge in [-0.05, 0) is 0 Å². The van der Waals surface area contributed by atoms with Crippen LogP contribution in [0.2, 0.25) is 0 Å². The summed E-state index contributed by atoms with van der Waals surface area (Å²) in [6.07, 6.45) is 0. The maximum Gasteiger partial charge on any atom is 0.225 e. The molecule has 0 bridgehead atoms. The lowest BCUT2D eigenvalue weighted by atomic mass is 10.8. The molecule has 42 valence electrons. The molecule has 0 spiro atoms. The quantitative estimate of drug-likeness (QED) is 0.255. The first-order valence-corrected chi connectivity index (χ1v) is 2.32. The van der Waals surface area contributed by atoms with Crippen molar-refractivity contribution in [1.29, 1.82) is 0 Å². The fourth-order valence-electron chi connectivity index (χ4n) is 0.333. The number of ether oxygens (including phenoxy) is 1. The van der Waals surface area contributed by atoms with Crippen LogP contribution >= 0.6 is 0 Å². The fraction of sp³-hybridized carbons (Fsp3) is 1.00. The Hall–Kier alpha value is 0.230. The third-order valence-corrected chi connectivity index (χ3v) is 0.920. The van der Waals surface area contributed by atoms with Gasteiger partial charge in [0.05, 0.1) is 0 Å². The van der Waals surface area contributed by atoms with Gasteiger partial charge in [0.2, 0.25) is 6.79 Å². The highest BCUT2D eigenvalue weighted by Gasteiger charge is 2.05. The standard InChI is InChI=1S/C3H6O3S/c7-6-2-1-4-3-5-6/h1-3H2. The largest absolute Gasteiger partial charge is 0.349 e. The molecular weight excluding hydrogens is 116 g/mol. The summed E-state index contributed by atoms with van der Waals surface area (Å²) >= 11 is 4.54. The smallest absolute Gasteiger partial charge is 0.225 e. The number of hydrogen-bond donors (Lipinski definition) is 0. The second-order valence-electron chi connectivity index (χ2n) is 1.15. The van der Waals surface area contributed by atoms with E-state index in [1.165, 1.54) is 0 Å². The van der Waals surface area contributed by atoms with Crippen molar-refractivity contribution in [2.24, 2.45) is 0 Å². The Morgan fingerprint density at radius 1 is 1.57 bits per heavy atom. The van der Waals surface area contributed by atoms with Crippen molar-refractivity contribution in [3.63, 3.8) is 0 Å². The molecule has 1 rings (SSSR count). The highest BCUT2D eigenvalue weighted by molar-refractivity contribution is 7.53. The van der Waals surface area contributed by atoms with Crippen molar-refractivity contribution < 1.29 is 13.6 Å². The highest BCUT2D eigenvalue weighted by atomic mass is 32.1. The summed E-state index contributed by atoms with van der Waals surface area (Å²) in [6.45, 7) is 1.53. The van der Waals surface area contributed by atoms with Crippen LogP contribution in [-0.2, 0) is 26.5 Å². The van der Waals surface area contributed by atoms with Crippen LogP contribution < -0.4 is 0 Å². The van der Waals surface area contributed by atoms with Gasteiger partial charge in [-0.3, -0.25) is 0 Å². The van der Waals surface area contributed by atoms with Gasteiger partial charge in [0.25, 0.3) is 0 Å². The van der Waals surface area contributed by atoms with Crippen LogP contribution in [0, 0.1) is 0 Å². The van der Waals surface area contributed by atoms with Gasteiger partial charge in [0.15, 0.2) is 6.61 Å². The van der Waals surface area contributed by atoms with Crippen LogP contribution in [-0.4, -0.2) is 20.0 Å². The molecule has 1 saturated heterocycles. The van der Waals surface area contributed by atoms with Crippen LogP contribution in [0.4, 0.5) is 0 Å². The van der Waals surface area contributed by atoms with Gasteiger partial charge >= 0.3 is 0 Å². The molecule has 1 fully saturated rings. The van der Waals surface area contributed by atoms with Gasteiger partial charge in [0.1, 0.15) is 6.61 Å². The Kier molecular flexibility index (Phi) is 1.93. The molecule has 0 aromatic rings. The first-order valence-electron chi connectivity index (χ1n) is 1.99. The molecule has 0 atom stereocenters. The minimum Gasteiger partial charge on any atom is -0.349 e. The van der Waals surface area contributed by atoms with Crippen molar-refractivity contribution in [3.8, 4) is 0 Å². The van der Waals surface area contributed by atoms with Crippen LogP contribution in [0.5, 0.6) is 0 Å². The lowest BCUT2D eigenvalue weighted by Gasteiger charge is -2.21. The summed E-state index contributed by atoms with van der Waals surface area (Å²) < 4.78 is 6.82. The summed E-state index contributed by atoms with van der Waals surface area (Å²) in [5, 5.41) is 0. The van der Waals surface area contributed by atoms with E-state index in [9.17, 15) is 0 Å². The van der Waals surface area contributed by atoms with Gasteiger partial charge in [-0.1, -0.05) is 0 Å². The molecule has 7 heavy (non-hydrogen) atoms. The molecule has 0 amide bonds. The summed E-state index contributed by atoms with van der Waals surface area (Å²) in [4.78, 5) is 4.62. The summed E-state index contributed by atoms with van der Waals surface area (Å²) in [5.41, 5.74) is 0. The van der Waals surface area contributed by atoms with E-state index in [0.29, 0.717) is 13.2 Å². The zero-order valence-electron chi connectivity index (χ0n) is 3.75. The summed E-state index contributed by atoms with van der Waals surface area (Å²) in [7, 11) is 0. The van der Waals surface area contributed by atoms with Crippen molar-refractivity contribution in [1.82, 2.24) is 0 Å². The zero-order chi connectivity index (χ0) is 5.11. The van der Waals surface area contributed by atoms with Gasteiger partial charge in [0, 0.05) is 0 Å². The lowest BCUT2D eigenvalue weighted by Crippen LogP contribution is -2.22. The lowest BCUT2D eigenvalue weighted by molar-refractivity contribution is -0.419. The predicted molar refractivity (Wildman–Crippen MR) is 25.2 cm³/mol. The van der Waals surface area contributed by atoms with E-state index in [2.05, 4.69) is 17.8 Å². The second-order valence-corrected chi connectivity index (χ2v) is 1.52. The minimum atomic E-state index is 0.272. The predicted octanol–water partition coefficient (Wildman–Crippen LogP) is -0.0801. The zero-order valence-corrected chi connectivity index (χ0v) is 4.57. The molecule has 0 unspecified atom stereocenters. The molecule has 0 N–H and O–H groups in total. The molecule has 0 aliphatic carbocycles. The highest BCUT2D eigenvalue weighted by Crippen LogP contribution is 1.99. The summed E-state index contributed by atoms with van der Waals surface area (Å²) in [5.74, 6) is 0. The molecule has 1 aliphatic rings. The average molecular weight is 122 g/mol. The normalized spacial score (nSPS) is 25.3. The Labute approximate surface area is 47.4 Å². The molecule has 4 heteroatoms. The van der Waals surface area contributed by atoms with E-state index in [1.807, 2.05) is 3.96 Å². The Morgan fingerprint density at radius 2 is 2.43 bits per heavy atom. The van der Waals surface area contributed by atoms with E-state index in [0.717, 1.165) is 0 Å². The van der Waals surface area contributed by atoms with E-state index in [4.69, 9.17) is 4.74 Å². The molecule has 0 saturated carbocycles. The molecule has 3 nitrogen and oxygen atoms in total. The third kappa shape index (κ3) is 1.65. The van der Waals surface area contributed by atoms with E-state index in [-0.39, 0.29) is 6.79 Å². The van der Waals surface area contributed by atoms with Gasteiger partial charge < -0.3 is 21.6 Å². The van der Waals surface area contributed by atoms with E-state index < -0.39 is 0 Å². The number of rotatable bonds is 0. The third-order valence-electron chi connectivity index (χ3n) is 0.657. The van der Waals surface area contributed by atoms with Crippen LogP contribution in [0.25, 0.3) is 0 Å². The fourth-order valence-corrected chi connectivity index (χ4v) is 0.440. The van der Waals surface area contributed by atoms with Crippen molar-refractivity contribution in [3.05, 3.63) is 0 Å². The maximum absolute atomic E-state index is 4.79. The van der Waals surface area contributed by atoms with Gasteiger partial charge in [-0.2, -0.15) is 0 Å². The monoisotopic (exact) mass is 122 g/mol. The maximum atomic E-state index is 4.79. The molecule has 0 aromatic heterocycles. The molecular formula is C3H6O3S. The van der Waals surface area contributed by atoms with Crippen LogP contribution in [0.15, 0.2) is 0 Å². The average Bonchev–Trinajstić information content (AvgIpc) is 1.69. The first kappa shape index (κ1) is 5.37. The molecule has 0 aromatic carbocycles. The first-order chi connectivity index (χ1) is 3.39. The molecule has 1 aliphatic heterocycles. The van der Waals surface area contributed by atoms with Crippen molar-refractivity contribution >= 4 is 12.9 Å². The summed E-state index contributed by atoms with van der Waals surface area (Å²) in [6, 6.07) is 0. The van der Waals surface area contributed by atoms with Crippen molar-refractivity contribution in [2.75, 3.05) is 20.0 Å². The van der Waals surface area contributed by atoms with E-state index >= 15 is 0 Å². The SMILES string of the molecule is [S-][O+]1CCOCO1. The Morgan fingerprint density at radius 3 is 2.71 bits per heavy atom. The Bertz CT molecular complexity index is 52.1. The van der Waals surface area contributed by atoms with E-state index in [1.54, 1.807) is 0 Å².